The third-order valence-corrected chi connectivity index (χ3v) is 5.94. The number of hydrogen-bond acceptors (Lipinski definition) is 3. The second kappa shape index (κ2) is 9.01. The van der Waals surface area contributed by atoms with E-state index >= 15 is 0 Å². The molecule has 0 amide bonds. The molecule has 1 rings (SSSR count). The fourth-order valence-electron chi connectivity index (χ4n) is 1.98. The second-order valence-corrected chi connectivity index (χ2v) is 7.03. The monoisotopic (exact) mass is 502 g/mol. The maximum atomic E-state index is 11.3. The van der Waals surface area contributed by atoms with Gasteiger partial charge in [0.15, 0.2) is 0 Å². The lowest BCUT2D eigenvalue weighted by Crippen LogP contribution is -2.26. The topological polar surface area (TPSA) is 46.4 Å². The van der Waals surface area contributed by atoms with Gasteiger partial charge < -0.3 is 4.90 Å². The minimum atomic E-state index is -0.265. The summed E-state index contributed by atoms with van der Waals surface area (Å²) in [5, 5.41) is 11.3. The fourth-order valence-corrected chi connectivity index (χ4v) is 2.88. The minimum Gasteiger partial charge on any atom is -0.366 e. The average Bonchev–Trinajstić information content (AvgIpc) is 2.41. The summed E-state index contributed by atoms with van der Waals surface area (Å²) in [7, 11) is 0. The number of halogens is 2. The van der Waals surface area contributed by atoms with Crippen LogP contribution in [0.15, 0.2) is 12.1 Å². The first kappa shape index (κ1) is 17.9. The van der Waals surface area contributed by atoms with Gasteiger partial charge in [0.1, 0.15) is 5.69 Å². The Morgan fingerprint density at radius 1 is 1.10 bits per heavy atom. The van der Waals surface area contributed by atoms with Gasteiger partial charge in [-0.1, -0.05) is 26.7 Å². The molecule has 4 nitrogen and oxygen atoms in total. The number of nitrogens with zero attached hydrogens (tertiary/aromatic N) is 2. The molecular weight excluding hydrogens is 482 g/mol. The Bertz CT molecular complexity index is 459. The summed E-state index contributed by atoms with van der Waals surface area (Å²) >= 11 is 4.39. The zero-order chi connectivity index (χ0) is 15.1. The van der Waals surface area contributed by atoms with Gasteiger partial charge in [0.05, 0.1) is 4.92 Å². The number of rotatable bonds is 8. The Kier molecular flexibility index (Phi) is 8.08. The van der Waals surface area contributed by atoms with E-state index < -0.39 is 0 Å². The van der Waals surface area contributed by atoms with Crippen LogP contribution in [0, 0.1) is 17.3 Å². The summed E-state index contributed by atoms with van der Waals surface area (Å²) in [6.07, 6.45) is 4.31. The lowest BCUT2D eigenvalue weighted by molar-refractivity contribution is -0.384. The standard InChI is InChI=1S/C14H20I2N2O2/c1-3-5-7-17(8-6-4-2)13-9-11(15)12(16)10-14(13)18(19)20/h9-10H,3-8H2,1-2H3. The molecule has 0 N–H and O–H groups in total. The van der Waals surface area contributed by atoms with E-state index in [1.807, 2.05) is 6.07 Å². The van der Waals surface area contributed by atoms with Crippen LogP contribution < -0.4 is 4.90 Å². The molecule has 0 aliphatic rings. The highest BCUT2D eigenvalue weighted by Crippen LogP contribution is 2.33. The van der Waals surface area contributed by atoms with Crippen molar-refractivity contribution in [3.05, 3.63) is 29.4 Å². The van der Waals surface area contributed by atoms with Crippen LogP contribution in [0.1, 0.15) is 39.5 Å². The summed E-state index contributed by atoms with van der Waals surface area (Å²) in [5.74, 6) is 0. The highest BCUT2D eigenvalue weighted by atomic mass is 127. The molecule has 1 aromatic carbocycles. The SMILES string of the molecule is CCCCN(CCCC)c1cc(I)c(I)cc1[N+](=O)[O-]. The van der Waals surface area contributed by atoms with Gasteiger partial charge in [-0.3, -0.25) is 10.1 Å². The van der Waals surface area contributed by atoms with Crippen molar-refractivity contribution in [3.63, 3.8) is 0 Å². The van der Waals surface area contributed by atoms with Gasteiger partial charge in [-0.15, -0.1) is 0 Å². The molecule has 0 aromatic heterocycles. The molecular formula is C14H20I2N2O2. The molecule has 6 heteroatoms. The summed E-state index contributed by atoms with van der Waals surface area (Å²) in [5.41, 5.74) is 0.990. The summed E-state index contributed by atoms with van der Waals surface area (Å²) in [6.45, 7) is 6.05. The molecule has 112 valence electrons. The Hall–Kier alpha value is -0.120. The van der Waals surface area contributed by atoms with E-state index in [9.17, 15) is 10.1 Å². The summed E-state index contributed by atoms with van der Waals surface area (Å²) in [4.78, 5) is 13.2. The summed E-state index contributed by atoms with van der Waals surface area (Å²) in [6, 6.07) is 3.63. The molecule has 0 saturated carbocycles. The minimum absolute atomic E-state index is 0.224. The molecule has 0 bridgehead atoms. The van der Waals surface area contributed by atoms with Crippen LogP contribution in [0.5, 0.6) is 0 Å². The number of unbranched alkanes of at least 4 members (excludes halogenated alkanes) is 2. The molecule has 0 aliphatic carbocycles. The van der Waals surface area contributed by atoms with Gasteiger partial charge in [0, 0.05) is 26.3 Å². The van der Waals surface area contributed by atoms with E-state index in [1.165, 1.54) is 0 Å². The van der Waals surface area contributed by atoms with Crippen molar-refractivity contribution >= 4 is 56.6 Å². The predicted octanol–water partition coefficient (Wildman–Crippen LogP) is 5.21. The highest BCUT2D eigenvalue weighted by Gasteiger charge is 2.21. The molecule has 1 aromatic rings. The van der Waals surface area contributed by atoms with Gasteiger partial charge >= 0.3 is 0 Å². The Morgan fingerprint density at radius 3 is 2.05 bits per heavy atom. The third-order valence-electron chi connectivity index (χ3n) is 3.12. The van der Waals surface area contributed by atoms with Crippen molar-refractivity contribution in [1.29, 1.82) is 0 Å². The maximum absolute atomic E-state index is 11.3. The lowest BCUT2D eigenvalue weighted by Gasteiger charge is -2.24. The molecule has 0 unspecified atom stereocenters. The molecule has 20 heavy (non-hydrogen) atoms. The molecule has 0 heterocycles. The van der Waals surface area contributed by atoms with Crippen LogP contribution in [0.4, 0.5) is 11.4 Å². The molecule has 0 saturated heterocycles. The molecule has 0 atom stereocenters. The van der Waals surface area contributed by atoms with E-state index in [1.54, 1.807) is 6.07 Å². The van der Waals surface area contributed by atoms with Gasteiger partial charge in [-0.2, -0.15) is 0 Å². The normalized spacial score (nSPS) is 10.6. The first-order valence-corrected chi connectivity index (χ1v) is 9.05. The van der Waals surface area contributed by atoms with E-state index in [0.29, 0.717) is 0 Å². The third kappa shape index (κ3) is 5.01. The molecule has 0 fully saturated rings. The van der Waals surface area contributed by atoms with Crippen molar-refractivity contribution in [2.75, 3.05) is 18.0 Å². The number of nitro groups is 1. The van der Waals surface area contributed by atoms with E-state index in [0.717, 1.165) is 51.6 Å². The molecule has 0 spiro atoms. The van der Waals surface area contributed by atoms with Crippen LogP contribution in [0.2, 0.25) is 0 Å². The number of benzene rings is 1. The Labute approximate surface area is 147 Å². The van der Waals surface area contributed by atoms with Gasteiger partial charge in [0.25, 0.3) is 5.69 Å². The lowest BCUT2D eigenvalue weighted by atomic mass is 10.2. The fraction of sp³-hybridized carbons (Fsp3) is 0.571. The predicted molar refractivity (Wildman–Crippen MR) is 101 cm³/mol. The zero-order valence-corrected chi connectivity index (χ0v) is 16.2. The van der Waals surface area contributed by atoms with Crippen LogP contribution in [0.25, 0.3) is 0 Å². The van der Waals surface area contributed by atoms with Crippen LogP contribution in [-0.4, -0.2) is 18.0 Å². The van der Waals surface area contributed by atoms with E-state index in [-0.39, 0.29) is 10.6 Å². The maximum Gasteiger partial charge on any atom is 0.293 e. The quantitative estimate of drug-likeness (QED) is 0.279. The van der Waals surface area contributed by atoms with Crippen molar-refractivity contribution in [2.24, 2.45) is 0 Å². The molecule has 0 aliphatic heterocycles. The first-order chi connectivity index (χ1) is 9.51. The average molecular weight is 502 g/mol. The van der Waals surface area contributed by atoms with Gasteiger partial charge in [-0.05, 0) is 64.1 Å². The van der Waals surface area contributed by atoms with Crippen molar-refractivity contribution in [2.45, 2.75) is 39.5 Å². The van der Waals surface area contributed by atoms with Crippen molar-refractivity contribution in [3.8, 4) is 0 Å². The Morgan fingerprint density at radius 2 is 1.60 bits per heavy atom. The van der Waals surface area contributed by atoms with Crippen LogP contribution >= 0.6 is 45.2 Å². The second-order valence-electron chi connectivity index (χ2n) is 4.71. The van der Waals surface area contributed by atoms with Gasteiger partial charge in [-0.25, -0.2) is 0 Å². The summed E-state index contributed by atoms with van der Waals surface area (Å²) < 4.78 is 2.01. The highest BCUT2D eigenvalue weighted by molar-refractivity contribution is 14.1. The number of hydrogen-bond donors (Lipinski definition) is 0. The van der Waals surface area contributed by atoms with E-state index in [4.69, 9.17) is 0 Å². The van der Waals surface area contributed by atoms with Crippen LogP contribution in [0.3, 0.4) is 0 Å². The number of anilines is 1. The van der Waals surface area contributed by atoms with Crippen molar-refractivity contribution < 1.29 is 4.92 Å². The smallest absolute Gasteiger partial charge is 0.293 e. The number of nitro benzene ring substituents is 1. The first-order valence-electron chi connectivity index (χ1n) is 6.89. The Balaban J connectivity index is 3.15. The largest absolute Gasteiger partial charge is 0.366 e. The van der Waals surface area contributed by atoms with Gasteiger partial charge in [0.2, 0.25) is 0 Å². The van der Waals surface area contributed by atoms with Crippen molar-refractivity contribution in [1.82, 2.24) is 0 Å². The zero-order valence-electron chi connectivity index (χ0n) is 11.9. The van der Waals surface area contributed by atoms with E-state index in [2.05, 4.69) is 63.9 Å². The van der Waals surface area contributed by atoms with Crippen LogP contribution in [-0.2, 0) is 0 Å². The molecule has 0 radical (unpaired) electrons.